The maximum Gasteiger partial charge on any atom is 0.250 e. The number of carbonyl (C=O) groups is 3. The molecule has 0 aromatic heterocycles. The Labute approximate surface area is 184 Å². The van der Waals surface area contributed by atoms with E-state index in [9.17, 15) is 19.5 Å². The lowest BCUT2D eigenvalue weighted by molar-refractivity contribution is -0.142. The third-order valence-corrected chi connectivity index (χ3v) is 7.25. The molecule has 3 N–H and O–H groups in total. The molecule has 3 aliphatic heterocycles. The van der Waals surface area contributed by atoms with Gasteiger partial charge in [-0.3, -0.25) is 24.6 Å². The van der Waals surface area contributed by atoms with Gasteiger partial charge < -0.3 is 10.4 Å². The standard InChI is InChI=1S/C23H22ClN3O4/c1-12-15(24)8-7-14-19(12)25-22(31)23(14)18-17(16(11-28)26-23)20(29)27(21(18)30)10-9-13-5-3-2-4-6-13/h2-8,16-18,26,28H,9-11H2,1H3,(H,25,31)/t16-,17+,18+,23-/m0/s1. The number of amides is 3. The highest BCUT2D eigenvalue weighted by Crippen LogP contribution is 2.53. The van der Waals surface area contributed by atoms with Crippen molar-refractivity contribution in [1.29, 1.82) is 0 Å². The lowest BCUT2D eigenvalue weighted by Gasteiger charge is -2.29. The predicted octanol–water partition coefficient (Wildman–Crippen LogP) is 1.60. The average molecular weight is 440 g/mol. The number of aliphatic hydroxyl groups excluding tert-OH is 1. The molecule has 160 valence electrons. The van der Waals surface area contributed by atoms with Gasteiger partial charge in [0, 0.05) is 23.2 Å². The van der Waals surface area contributed by atoms with Crippen LogP contribution in [0.5, 0.6) is 0 Å². The van der Waals surface area contributed by atoms with Crippen LogP contribution in [-0.4, -0.2) is 46.9 Å². The van der Waals surface area contributed by atoms with Crippen molar-refractivity contribution in [3.8, 4) is 0 Å². The second-order valence-corrected chi connectivity index (χ2v) is 8.76. The molecule has 0 radical (unpaired) electrons. The van der Waals surface area contributed by atoms with Gasteiger partial charge >= 0.3 is 0 Å². The van der Waals surface area contributed by atoms with Crippen molar-refractivity contribution in [2.75, 3.05) is 18.5 Å². The largest absolute Gasteiger partial charge is 0.395 e. The second-order valence-electron chi connectivity index (χ2n) is 8.36. The number of fused-ring (bicyclic) bond motifs is 4. The van der Waals surface area contributed by atoms with Gasteiger partial charge in [-0.1, -0.05) is 48.0 Å². The topological polar surface area (TPSA) is 98.7 Å². The molecule has 5 rings (SSSR count). The number of hydrogen-bond acceptors (Lipinski definition) is 5. The average Bonchev–Trinajstić information content (AvgIpc) is 3.35. The van der Waals surface area contributed by atoms with E-state index in [0.717, 1.165) is 5.56 Å². The van der Waals surface area contributed by atoms with Crippen LogP contribution in [0.25, 0.3) is 0 Å². The van der Waals surface area contributed by atoms with Crippen LogP contribution in [0.3, 0.4) is 0 Å². The summed E-state index contributed by atoms with van der Waals surface area (Å²) in [4.78, 5) is 41.3. The molecule has 1 spiro atoms. The maximum atomic E-state index is 13.5. The van der Waals surface area contributed by atoms with Crippen LogP contribution in [0.15, 0.2) is 42.5 Å². The molecule has 0 unspecified atom stereocenters. The van der Waals surface area contributed by atoms with Crippen molar-refractivity contribution >= 4 is 35.0 Å². The monoisotopic (exact) mass is 439 g/mol. The highest BCUT2D eigenvalue weighted by Gasteiger charge is 2.70. The quantitative estimate of drug-likeness (QED) is 0.628. The van der Waals surface area contributed by atoms with E-state index in [0.29, 0.717) is 28.3 Å². The lowest BCUT2D eigenvalue weighted by Crippen LogP contribution is -2.53. The fourth-order valence-electron chi connectivity index (χ4n) is 5.31. The summed E-state index contributed by atoms with van der Waals surface area (Å²) in [5, 5.41) is 16.5. The Balaban J connectivity index is 1.55. The number of aliphatic hydroxyl groups is 1. The number of hydrogen-bond donors (Lipinski definition) is 3. The number of imide groups is 1. The van der Waals surface area contributed by atoms with Crippen molar-refractivity contribution < 1.29 is 19.5 Å². The maximum absolute atomic E-state index is 13.5. The summed E-state index contributed by atoms with van der Waals surface area (Å²) in [5.41, 5.74) is 1.47. The van der Waals surface area contributed by atoms with Crippen molar-refractivity contribution in [2.45, 2.75) is 24.9 Å². The first-order valence-corrected chi connectivity index (χ1v) is 10.7. The van der Waals surface area contributed by atoms with E-state index < -0.39 is 29.3 Å². The molecule has 8 heteroatoms. The van der Waals surface area contributed by atoms with Crippen LogP contribution >= 0.6 is 11.6 Å². The fraction of sp³-hybridized carbons (Fsp3) is 0.348. The minimum absolute atomic E-state index is 0.233. The Hall–Kier alpha value is -2.74. The van der Waals surface area contributed by atoms with Crippen LogP contribution in [0.2, 0.25) is 5.02 Å². The molecule has 2 fully saturated rings. The number of nitrogens with one attached hydrogen (secondary N) is 2. The predicted molar refractivity (Wildman–Crippen MR) is 114 cm³/mol. The van der Waals surface area contributed by atoms with E-state index in [1.165, 1.54) is 4.90 Å². The highest BCUT2D eigenvalue weighted by molar-refractivity contribution is 6.32. The summed E-state index contributed by atoms with van der Waals surface area (Å²) >= 11 is 6.24. The summed E-state index contributed by atoms with van der Waals surface area (Å²) in [6, 6.07) is 12.3. The van der Waals surface area contributed by atoms with Crippen LogP contribution in [0, 0.1) is 18.8 Å². The van der Waals surface area contributed by atoms with Gasteiger partial charge in [-0.15, -0.1) is 0 Å². The van der Waals surface area contributed by atoms with Gasteiger partial charge in [-0.2, -0.15) is 0 Å². The first kappa shape index (κ1) is 20.2. The third-order valence-electron chi connectivity index (χ3n) is 6.84. The normalized spacial score (nSPS) is 28.9. The Morgan fingerprint density at radius 1 is 1.10 bits per heavy atom. The van der Waals surface area contributed by atoms with Crippen LogP contribution < -0.4 is 10.6 Å². The minimum atomic E-state index is -1.41. The fourth-order valence-corrected chi connectivity index (χ4v) is 5.47. The smallest absolute Gasteiger partial charge is 0.250 e. The molecule has 0 bridgehead atoms. The first-order chi connectivity index (χ1) is 14.9. The van der Waals surface area contributed by atoms with Gasteiger partial charge in [-0.05, 0) is 30.5 Å². The van der Waals surface area contributed by atoms with Gasteiger partial charge in [0.2, 0.25) is 17.7 Å². The molecule has 2 aromatic carbocycles. The Morgan fingerprint density at radius 3 is 2.55 bits per heavy atom. The van der Waals surface area contributed by atoms with Gasteiger partial charge in [-0.25, -0.2) is 0 Å². The highest BCUT2D eigenvalue weighted by atomic mass is 35.5. The van der Waals surface area contributed by atoms with Crippen LogP contribution in [0.1, 0.15) is 16.7 Å². The van der Waals surface area contributed by atoms with Crippen molar-refractivity contribution in [2.24, 2.45) is 11.8 Å². The minimum Gasteiger partial charge on any atom is -0.395 e. The number of anilines is 1. The number of benzene rings is 2. The molecular formula is C23H22ClN3O4. The molecule has 2 saturated heterocycles. The number of rotatable bonds is 4. The van der Waals surface area contributed by atoms with Gasteiger partial charge in [0.25, 0.3) is 0 Å². The van der Waals surface area contributed by atoms with Gasteiger partial charge in [0.1, 0.15) is 5.54 Å². The third kappa shape index (κ3) is 2.70. The Morgan fingerprint density at radius 2 is 1.84 bits per heavy atom. The zero-order chi connectivity index (χ0) is 21.9. The van der Waals surface area contributed by atoms with Crippen LogP contribution in [-0.2, 0) is 26.3 Å². The van der Waals surface area contributed by atoms with Crippen molar-refractivity contribution in [1.82, 2.24) is 10.2 Å². The molecule has 4 atom stereocenters. The lowest BCUT2D eigenvalue weighted by atomic mass is 9.76. The molecule has 0 aliphatic carbocycles. The summed E-state index contributed by atoms with van der Waals surface area (Å²) in [7, 11) is 0. The van der Waals surface area contributed by atoms with E-state index >= 15 is 0 Å². The summed E-state index contributed by atoms with van der Waals surface area (Å²) < 4.78 is 0. The van der Waals surface area contributed by atoms with E-state index in [4.69, 9.17) is 11.6 Å². The van der Waals surface area contributed by atoms with E-state index in [1.54, 1.807) is 19.1 Å². The van der Waals surface area contributed by atoms with E-state index in [1.807, 2.05) is 30.3 Å². The second kappa shape index (κ2) is 7.15. The Bertz CT molecular complexity index is 1110. The van der Waals surface area contributed by atoms with Gasteiger partial charge in [0.15, 0.2) is 0 Å². The van der Waals surface area contributed by atoms with E-state index in [2.05, 4.69) is 10.6 Å². The summed E-state index contributed by atoms with van der Waals surface area (Å²) in [5.74, 6) is -2.85. The number of likely N-dealkylation sites (tertiary alicyclic amines) is 1. The molecule has 3 aliphatic rings. The van der Waals surface area contributed by atoms with E-state index in [-0.39, 0.29) is 25.0 Å². The SMILES string of the molecule is Cc1c(Cl)ccc2c1NC(=O)[C@]21N[C@@H](CO)[C@H]2C(=O)N(CCc3ccccc3)C(=O)[C@@H]21. The molecule has 3 amide bonds. The molecule has 7 nitrogen and oxygen atoms in total. The molecule has 3 heterocycles. The number of nitrogens with zero attached hydrogens (tertiary/aromatic N) is 1. The number of carbonyl (C=O) groups excluding carboxylic acids is 3. The zero-order valence-electron chi connectivity index (χ0n) is 16.9. The molecular weight excluding hydrogens is 418 g/mol. The van der Waals surface area contributed by atoms with Crippen LogP contribution in [0.4, 0.5) is 5.69 Å². The van der Waals surface area contributed by atoms with Crippen molar-refractivity contribution in [3.05, 3.63) is 64.2 Å². The Kier molecular flexibility index (Phi) is 4.66. The van der Waals surface area contributed by atoms with Gasteiger partial charge in [0.05, 0.1) is 24.1 Å². The van der Waals surface area contributed by atoms with Crippen molar-refractivity contribution in [3.63, 3.8) is 0 Å². The molecule has 2 aromatic rings. The summed E-state index contributed by atoms with van der Waals surface area (Å²) in [6.07, 6.45) is 0.527. The number of halogens is 1. The molecule has 0 saturated carbocycles. The molecule has 31 heavy (non-hydrogen) atoms. The first-order valence-electron chi connectivity index (χ1n) is 10.3. The zero-order valence-corrected chi connectivity index (χ0v) is 17.6. The summed E-state index contributed by atoms with van der Waals surface area (Å²) in [6.45, 7) is 1.67.